The van der Waals surface area contributed by atoms with Crippen molar-refractivity contribution in [2.45, 2.75) is 12.2 Å². The molecule has 2 N–H and O–H groups in total. The molecular weight excluding hydrogens is 345 g/mol. The maximum atomic E-state index is 12.6. The van der Waals surface area contributed by atoms with Crippen LogP contribution >= 0.6 is 0 Å². The molecule has 0 aliphatic heterocycles. The monoisotopic (exact) mass is 362 g/mol. The molecule has 1 atom stereocenters. The van der Waals surface area contributed by atoms with Gasteiger partial charge in [0.1, 0.15) is 6.54 Å². The minimum absolute atomic E-state index is 0.0244. The maximum absolute atomic E-state index is 12.6. The van der Waals surface area contributed by atoms with Gasteiger partial charge in [-0.3, -0.25) is 9.80 Å². The second-order valence-electron chi connectivity index (χ2n) is 4.67. The highest BCUT2D eigenvalue weighted by Gasteiger charge is 2.35. The number of hydrogen-bond acceptors (Lipinski definition) is 6. The van der Waals surface area contributed by atoms with Crippen LogP contribution in [0.15, 0.2) is 42.4 Å². The van der Waals surface area contributed by atoms with Gasteiger partial charge >= 0.3 is 12.1 Å². The number of nitrogens with zero attached hydrogens (tertiary/aromatic N) is 1. The number of amides is 1. The smallest absolute Gasteiger partial charge is 0.402 e. The van der Waals surface area contributed by atoms with Gasteiger partial charge in [0.25, 0.3) is 11.9 Å². The second-order valence-corrected chi connectivity index (χ2v) is 4.67. The van der Waals surface area contributed by atoms with Crippen molar-refractivity contribution in [3.05, 3.63) is 47.9 Å². The minimum Gasteiger partial charge on any atom is -0.481 e. The van der Waals surface area contributed by atoms with Gasteiger partial charge in [0.15, 0.2) is 6.04 Å². The summed E-state index contributed by atoms with van der Waals surface area (Å²) in [7, 11) is 2.06. The van der Waals surface area contributed by atoms with Gasteiger partial charge in [0, 0.05) is 11.6 Å². The van der Waals surface area contributed by atoms with E-state index in [0.29, 0.717) is 5.01 Å². The van der Waals surface area contributed by atoms with Crippen molar-refractivity contribution < 1.29 is 37.3 Å². The Hall–Kier alpha value is -2.75. The standard InChI is InChI=1S/C15H17F3N2O5/c1-24-12(21)8-11(14(23)25-2)20(19-9-15(16,17)18)13(22)10-6-4-3-5-7-10/h3-8,11,19,21H,9H2,1-2H3/b12-8-/t11-/m0/s1. The number of benzene rings is 1. The van der Waals surface area contributed by atoms with E-state index >= 15 is 0 Å². The zero-order chi connectivity index (χ0) is 19.0. The van der Waals surface area contributed by atoms with Crippen molar-refractivity contribution in [3.63, 3.8) is 0 Å². The predicted octanol–water partition coefficient (Wildman–Crippen LogP) is 1.78. The molecule has 0 saturated heterocycles. The zero-order valence-corrected chi connectivity index (χ0v) is 13.4. The number of nitrogens with one attached hydrogen (secondary N) is 1. The van der Waals surface area contributed by atoms with Gasteiger partial charge in [-0.25, -0.2) is 10.2 Å². The Bertz CT molecular complexity index is 619. The first-order chi connectivity index (χ1) is 11.7. The summed E-state index contributed by atoms with van der Waals surface area (Å²) in [6.45, 7) is -1.58. The fourth-order valence-corrected chi connectivity index (χ4v) is 1.76. The van der Waals surface area contributed by atoms with Gasteiger partial charge in [0.05, 0.1) is 14.2 Å². The molecule has 1 amide bonds. The number of alkyl halides is 3. The van der Waals surface area contributed by atoms with Crippen LogP contribution in [0.1, 0.15) is 10.4 Å². The lowest BCUT2D eigenvalue weighted by molar-refractivity contribution is -0.150. The molecule has 0 bridgehead atoms. The summed E-state index contributed by atoms with van der Waals surface area (Å²) in [5.74, 6) is -2.78. The second kappa shape index (κ2) is 8.92. The molecule has 0 spiro atoms. The van der Waals surface area contributed by atoms with Gasteiger partial charge < -0.3 is 14.6 Å². The first kappa shape index (κ1) is 20.3. The highest BCUT2D eigenvalue weighted by molar-refractivity contribution is 5.97. The van der Waals surface area contributed by atoms with Gasteiger partial charge in [-0.2, -0.15) is 13.2 Å². The molecule has 0 aliphatic rings. The number of ether oxygens (including phenoxy) is 2. The summed E-state index contributed by atoms with van der Waals surface area (Å²) in [5.41, 5.74) is 1.87. The molecule has 0 aliphatic carbocycles. The van der Waals surface area contributed by atoms with E-state index in [-0.39, 0.29) is 5.56 Å². The average molecular weight is 362 g/mol. The first-order valence-corrected chi connectivity index (χ1v) is 6.91. The topological polar surface area (TPSA) is 88.1 Å². The molecule has 1 aromatic rings. The molecule has 25 heavy (non-hydrogen) atoms. The predicted molar refractivity (Wildman–Crippen MR) is 80.2 cm³/mol. The molecular formula is C15H17F3N2O5. The Morgan fingerprint density at radius 2 is 1.84 bits per heavy atom. The molecule has 0 unspecified atom stereocenters. The van der Waals surface area contributed by atoms with Crippen LogP contribution in [0.25, 0.3) is 0 Å². The summed E-state index contributed by atoms with van der Waals surface area (Å²) in [6.07, 6.45) is -3.90. The number of carbonyl (C=O) groups is 2. The third-order valence-corrected chi connectivity index (χ3v) is 2.92. The van der Waals surface area contributed by atoms with Gasteiger partial charge in [0.2, 0.25) is 0 Å². The van der Waals surface area contributed by atoms with E-state index in [2.05, 4.69) is 9.47 Å². The molecule has 1 rings (SSSR count). The molecule has 0 aromatic heterocycles. The Kier molecular flexibility index (Phi) is 7.24. The van der Waals surface area contributed by atoms with Crippen LogP contribution < -0.4 is 5.43 Å². The average Bonchev–Trinajstić information content (AvgIpc) is 2.59. The first-order valence-electron chi connectivity index (χ1n) is 6.91. The normalized spacial score (nSPS) is 13.1. The van der Waals surface area contributed by atoms with E-state index in [1.165, 1.54) is 24.3 Å². The van der Waals surface area contributed by atoms with Crippen LogP contribution in [-0.2, 0) is 14.3 Å². The van der Waals surface area contributed by atoms with Crippen LogP contribution in [0.3, 0.4) is 0 Å². The van der Waals surface area contributed by atoms with Crippen molar-refractivity contribution in [2.75, 3.05) is 20.8 Å². The van der Waals surface area contributed by atoms with Gasteiger partial charge in [-0.1, -0.05) is 18.2 Å². The Morgan fingerprint density at radius 1 is 1.24 bits per heavy atom. The van der Waals surface area contributed by atoms with Gasteiger partial charge in [-0.05, 0) is 12.1 Å². The number of aliphatic hydroxyl groups excluding tert-OH is 1. The number of hydrogen-bond donors (Lipinski definition) is 2. The lowest BCUT2D eigenvalue weighted by Gasteiger charge is -2.29. The van der Waals surface area contributed by atoms with Crippen molar-refractivity contribution in [1.82, 2.24) is 10.4 Å². The fraction of sp³-hybridized carbons (Fsp3) is 0.333. The molecule has 0 saturated carbocycles. The Balaban J connectivity index is 3.25. The largest absolute Gasteiger partial charge is 0.481 e. The number of hydrazine groups is 1. The van der Waals surface area contributed by atoms with Gasteiger partial charge in [-0.15, -0.1) is 0 Å². The number of methoxy groups -OCH3 is 2. The van der Waals surface area contributed by atoms with Crippen LogP contribution in [0.4, 0.5) is 13.2 Å². The highest BCUT2D eigenvalue weighted by Crippen LogP contribution is 2.15. The van der Waals surface area contributed by atoms with E-state index in [0.717, 1.165) is 20.3 Å². The fourth-order valence-electron chi connectivity index (χ4n) is 1.76. The molecule has 0 radical (unpaired) electrons. The number of esters is 1. The van der Waals surface area contributed by atoms with Crippen molar-refractivity contribution in [2.24, 2.45) is 0 Å². The van der Waals surface area contributed by atoms with E-state index < -0.39 is 36.6 Å². The molecule has 10 heteroatoms. The third kappa shape index (κ3) is 6.34. The third-order valence-electron chi connectivity index (χ3n) is 2.92. The quantitative estimate of drug-likeness (QED) is 0.437. The Labute approximate surface area is 141 Å². The highest BCUT2D eigenvalue weighted by atomic mass is 19.4. The number of carbonyl (C=O) groups excluding carboxylic acids is 2. The summed E-state index contributed by atoms with van der Waals surface area (Å²) in [4.78, 5) is 24.4. The zero-order valence-electron chi connectivity index (χ0n) is 13.4. The number of rotatable bonds is 7. The maximum Gasteiger partial charge on any atom is 0.402 e. The Morgan fingerprint density at radius 3 is 2.32 bits per heavy atom. The van der Waals surface area contributed by atoms with Crippen molar-refractivity contribution in [3.8, 4) is 0 Å². The van der Waals surface area contributed by atoms with Crippen LogP contribution in [0.5, 0.6) is 0 Å². The van der Waals surface area contributed by atoms with E-state index in [4.69, 9.17) is 0 Å². The molecule has 1 aromatic carbocycles. The number of halogens is 3. The van der Waals surface area contributed by atoms with Crippen LogP contribution in [-0.4, -0.2) is 55.0 Å². The van der Waals surface area contributed by atoms with Crippen LogP contribution in [0.2, 0.25) is 0 Å². The lowest BCUT2D eigenvalue weighted by atomic mass is 10.2. The molecule has 0 fully saturated rings. The molecule has 138 valence electrons. The van der Waals surface area contributed by atoms with E-state index in [1.807, 2.05) is 5.43 Å². The molecule has 0 heterocycles. The SMILES string of the molecule is COC(=O)[C@H](/C=C(/O)OC)N(NCC(F)(F)F)C(=O)c1ccccc1. The van der Waals surface area contributed by atoms with Crippen molar-refractivity contribution in [1.29, 1.82) is 0 Å². The minimum atomic E-state index is -4.65. The van der Waals surface area contributed by atoms with E-state index in [1.54, 1.807) is 6.07 Å². The summed E-state index contributed by atoms with van der Waals surface area (Å²) < 4.78 is 46.6. The summed E-state index contributed by atoms with van der Waals surface area (Å²) in [5, 5.41) is 9.87. The lowest BCUT2D eigenvalue weighted by Crippen LogP contribution is -2.54. The van der Waals surface area contributed by atoms with Crippen LogP contribution in [0, 0.1) is 0 Å². The summed E-state index contributed by atoms with van der Waals surface area (Å²) >= 11 is 0. The summed E-state index contributed by atoms with van der Waals surface area (Å²) in [6, 6.07) is 5.64. The number of aliphatic hydroxyl groups is 1. The molecule has 7 nitrogen and oxygen atoms in total. The van der Waals surface area contributed by atoms with Crippen molar-refractivity contribution >= 4 is 11.9 Å². The van der Waals surface area contributed by atoms with E-state index in [9.17, 15) is 27.9 Å².